The van der Waals surface area contributed by atoms with Crippen molar-refractivity contribution in [3.63, 3.8) is 0 Å². The molecule has 0 saturated heterocycles. The van der Waals surface area contributed by atoms with E-state index >= 15 is 0 Å². The van der Waals surface area contributed by atoms with Crippen molar-refractivity contribution >= 4 is 21.0 Å². The fourth-order valence-corrected chi connectivity index (χ4v) is 5.14. The third-order valence-electron chi connectivity index (χ3n) is 4.29. The Balaban J connectivity index is 1.87. The third-order valence-corrected chi connectivity index (χ3v) is 7.37. The van der Waals surface area contributed by atoms with E-state index < -0.39 is 32.9 Å². The minimum atomic E-state index is -5.80. The van der Waals surface area contributed by atoms with Gasteiger partial charge in [-0.15, -0.1) is 0 Å². The normalized spacial score (nSPS) is 13.4. The van der Waals surface area contributed by atoms with Crippen LogP contribution in [0.4, 0.5) is 8.78 Å². The van der Waals surface area contributed by atoms with Crippen LogP contribution < -0.4 is 9.47 Å². The highest BCUT2D eigenvalue weighted by Gasteiger charge is 2.38. The minimum absolute atomic E-state index is 0.0348. The summed E-state index contributed by atoms with van der Waals surface area (Å²) < 4.78 is 69.4. The molecule has 0 fully saturated rings. The molecular formula is C24H24F2O5S2. The minimum Gasteiger partial charge on any atom is -0.743 e. The Bertz CT molecular complexity index is 1160. The Morgan fingerprint density at radius 2 is 1.24 bits per heavy atom. The van der Waals surface area contributed by atoms with E-state index in [9.17, 15) is 21.8 Å². The second-order valence-electron chi connectivity index (χ2n) is 8.16. The number of halogens is 2. The van der Waals surface area contributed by atoms with Crippen molar-refractivity contribution in [1.82, 2.24) is 0 Å². The molecule has 3 aromatic carbocycles. The molecular weight excluding hydrogens is 470 g/mol. The van der Waals surface area contributed by atoms with Gasteiger partial charge in [-0.3, -0.25) is 0 Å². The molecule has 5 nitrogen and oxygen atoms in total. The summed E-state index contributed by atoms with van der Waals surface area (Å²) in [4.78, 5) is 2.99. The third kappa shape index (κ3) is 6.69. The lowest BCUT2D eigenvalue weighted by Crippen LogP contribution is -2.35. The van der Waals surface area contributed by atoms with Crippen LogP contribution in [0.2, 0.25) is 0 Å². The van der Waals surface area contributed by atoms with Crippen LogP contribution in [0.1, 0.15) is 20.8 Å². The number of hydrogen-bond acceptors (Lipinski definition) is 5. The van der Waals surface area contributed by atoms with Gasteiger partial charge in [-0.2, -0.15) is 8.78 Å². The number of benzene rings is 3. The number of alkyl halides is 2. The molecule has 9 heteroatoms. The molecule has 0 aliphatic rings. The smallest absolute Gasteiger partial charge is 0.367 e. The zero-order valence-electron chi connectivity index (χ0n) is 18.3. The van der Waals surface area contributed by atoms with Crippen LogP contribution in [0.5, 0.6) is 11.5 Å². The lowest BCUT2D eigenvalue weighted by Gasteiger charge is -2.21. The molecule has 0 aromatic heterocycles. The Kier molecular flexibility index (Phi) is 7.36. The standard InChI is InChI=1S/C24H24F2O5S2/c1-23(2,3)31-19-11-15-22(16-12-19)32(20-7-5-4-6-8-20)21-13-9-18(10-14-21)30-17-24(25,26)33(27,28)29/h4-16H,17H2,1-3H3. The maximum atomic E-state index is 13.4. The SMILES string of the molecule is CC(C)(C)Oc1ccc([S+](c2ccccc2)c2ccc(OCC(F)(F)S(=O)(=O)[O-])cc2)cc1. The first-order chi connectivity index (χ1) is 15.4. The van der Waals surface area contributed by atoms with Crippen molar-refractivity contribution < 1.29 is 31.2 Å². The van der Waals surface area contributed by atoms with E-state index in [1.54, 1.807) is 12.1 Å². The molecule has 0 amide bonds. The molecule has 3 rings (SSSR count). The fraction of sp³-hybridized carbons (Fsp3) is 0.250. The average molecular weight is 495 g/mol. The molecule has 0 N–H and O–H groups in total. The molecule has 176 valence electrons. The summed E-state index contributed by atoms with van der Waals surface area (Å²) in [5.74, 6) is 0.786. The van der Waals surface area contributed by atoms with Crippen molar-refractivity contribution in [1.29, 1.82) is 0 Å². The highest BCUT2D eigenvalue weighted by molar-refractivity contribution is 7.97. The highest BCUT2D eigenvalue weighted by Crippen LogP contribution is 2.33. The number of ether oxygens (including phenoxy) is 2. The summed E-state index contributed by atoms with van der Waals surface area (Å²) >= 11 is 0. The molecule has 0 aliphatic carbocycles. The first-order valence-corrected chi connectivity index (χ1v) is 12.6. The first-order valence-electron chi connectivity index (χ1n) is 10.0. The molecule has 0 saturated carbocycles. The Morgan fingerprint density at radius 3 is 1.70 bits per heavy atom. The van der Waals surface area contributed by atoms with E-state index in [4.69, 9.17) is 9.47 Å². The summed E-state index contributed by atoms with van der Waals surface area (Å²) in [5.41, 5.74) is -0.319. The van der Waals surface area contributed by atoms with E-state index in [0.717, 1.165) is 20.4 Å². The molecule has 33 heavy (non-hydrogen) atoms. The zero-order chi connectivity index (χ0) is 24.3. The highest BCUT2D eigenvalue weighted by atomic mass is 32.2. The quantitative estimate of drug-likeness (QED) is 0.306. The van der Waals surface area contributed by atoms with Crippen molar-refractivity contribution in [3.05, 3.63) is 78.9 Å². The first kappa shape index (κ1) is 25.0. The fourth-order valence-electron chi connectivity index (χ4n) is 2.87. The second-order valence-corrected chi connectivity index (χ2v) is 11.7. The predicted octanol–water partition coefficient (Wildman–Crippen LogP) is 5.48. The van der Waals surface area contributed by atoms with Crippen LogP contribution in [-0.4, -0.2) is 30.4 Å². The topological polar surface area (TPSA) is 75.7 Å². The largest absolute Gasteiger partial charge is 0.743 e. The maximum absolute atomic E-state index is 13.4. The van der Waals surface area contributed by atoms with E-state index in [-0.39, 0.29) is 11.4 Å². The van der Waals surface area contributed by atoms with Crippen LogP contribution in [0.3, 0.4) is 0 Å². The number of rotatable bonds is 8. The van der Waals surface area contributed by atoms with Crippen LogP contribution in [0.25, 0.3) is 0 Å². The summed E-state index contributed by atoms with van der Waals surface area (Å²) in [7, 11) is -6.29. The van der Waals surface area contributed by atoms with Gasteiger partial charge in [-0.25, -0.2) is 8.42 Å². The molecule has 0 aliphatic heterocycles. The molecule has 0 heterocycles. The molecule has 0 spiro atoms. The predicted molar refractivity (Wildman–Crippen MR) is 122 cm³/mol. The van der Waals surface area contributed by atoms with Crippen LogP contribution in [0, 0.1) is 0 Å². The van der Waals surface area contributed by atoms with Crippen molar-refractivity contribution in [2.75, 3.05) is 6.61 Å². The molecule has 1 atom stereocenters. The average Bonchev–Trinajstić information content (AvgIpc) is 2.73. The lowest BCUT2D eigenvalue weighted by molar-refractivity contribution is 0.0279. The van der Waals surface area contributed by atoms with Gasteiger partial charge in [0.15, 0.2) is 31.4 Å². The van der Waals surface area contributed by atoms with E-state index in [2.05, 4.69) is 0 Å². The van der Waals surface area contributed by atoms with Crippen molar-refractivity contribution in [2.45, 2.75) is 46.3 Å². The summed E-state index contributed by atoms with van der Waals surface area (Å²) in [6.07, 6.45) is 0. The van der Waals surface area contributed by atoms with Gasteiger partial charge in [-0.05, 0) is 81.4 Å². The van der Waals surface area contributed by atoms with Gasteiger partial charge < -0.3 is 14.0 Å². The van der Waals surface area contributed by atoms with E-state index in [1.807, 2.05) is 75.4 Å². The van der Waals surface area contributed by atoms with Crippen LogP contribution >= 0.6 is 0 Å². The van der Waals surface area contributed by atoms with Gasteiger partial charge in [0.2, 0.25) is 0 Å². The Labute approximate surface area is 195 Å². The van der Waals surface area contributed by atoms with Gasteiger partial charge in [-0.1, -0.05) is 18.2 Å². The van der Waals surface area contributed by atoms with Crippen molar-refractivity contribution in [3.8, 4) is 11.5 Å². The zero-order valence-corrected chi connectivity index (χ0v) is 20.0. The van der Waals surface area contributed by atoms with E-state index in [1.165, 1.54) is 12.1 Å². The monoisotopic (exact) mass is 494 g/mol. The van der Waals surface area contributed by atoms with Gasteiger partial charge in [0.05, 0.1) is 10.9 Å². The van der Waals surface area contributed by atoms with E-state index in [0.29, 0.717) is 0 Å². The maximum Gasteiger partial charge on any atom is 0.367 e. The summed E-state index contributed by atoms with van der Waals surface area (Å²) in [5, 5.41) is -4.50. The second kappa shape index (κ2) is 9.70. The van der Waals surface area contributed by atoms with Gasteiger partial charge in [0.25, 0.3) is 0 Å². The molecule has 3 aromatic rings. The summed E-state index contributed by atoms with van der Waals surface area (Å²) in [6.45, 7) is 4.38. The Hall–Kier alpha value is -2.62. The summed E-state index contributed by atoms with van der Waals surface area (Å²) in [6, 6.07) is 24.0. The van der Waals surface area contributed by atoms with Crippen LogP contribution in [0.15, 0.2) is 93.5 Å². The van der Waals surface area contributed by atoms with Gasteiger partial charge >= 0.3 is 5.25 Å². The van der Waals surface area contributed by atoms with Gasteiger partial charge in [0.1, 0.15) is 17.1 Å². The molecule has 0 bridgehead atoms. The number of hydrogen-bond donors (Lipinski definition) is 0. The Morgan fingerprint density at radius 1 is 0.788 bits per heavy atom. The van der Waals surface area contributed by atoms with Crippen LogP contribution in [-0.2, 0) is 21.0 Å². The lowest BCUT2D eigenvalue weighted by atomic mass is 10.2. The molecule has 1 unspecified atom stereocenters. The van der Waals surface area contributed by atoms with Crippen molar-refractivity contribution in [2.24, 2.45) is 0 Å². The molecule has 0 radical (unpaired) electrons. The van der Waals surface area contributed by atoms with Gasteiger partial charge in [0, 0.05) is 0 Å².